The molecule has 31 heavy (non-hydrogen) atoms. The highest BCUT2D eigenvalue weighted by Gasteiger charge is 2.31. The molecule has 0 N–H and O–H groups in total. The van der Waals surface area contributed by atoms with Crippen LogP contribution in [0.3, 0.4) is 0 Å². The van der Waals surface area contributed by atoms with Crippen LogP contribution >= 0.6 is 24.0 Å². The summed E-state index contributed by atoms with van der Waals surface area (Å²) in [6, 6.07) is 11.8. The Bertz CT molecular complexity index is 1000. The molecule has 2 aromatic rings. The quantitative estimate of drug-likeness (QED) is 0.221. The third kappa shape index (κ3) is 6.11. The van der Waals surface area contributed by atoms with Crippen LogP contribution in [0, 0.1) is 0 Å². The monoisotopic (exact) mass is 465 g/mol. The zero-order valence-corrected chi connectivity index (χ0v) is 17.9. The lowest BCUT2D eigenvalue weighted by atomic mass is 10.2. The number of thioether (sulfide) groups is 1. The van der Waals surface area contributed by atoms with Crippen molar-refractivity contribution < 1.29 is 27.4 Å². The van der Waals surface area contributed by atoms with Gasteiger partial charge in [-0.15, -0.1) is 6.58 Å². The van der Waals surface area contributed by atoms with E-state index in [1.54, 1.807) is 36.4 Å². The zero-order chi connectivity index (χ0) is 22.4. The minimum Gasteiger partial charge on any atom is -0.490 e. The van der Waals surface area contributed by atoms with Crippen molar-refractivity contribution in [3.63, 3.8) is 0 Å². The fourth-order valence-corrected chi connectivity index (χ4v) is 3.95. The number of halogens is 3. The van der Waals surface area contributed by atoms with Crippen LogP contribution in [0.5, 0.6) is 11.5 Å². The van der Waals surface area contributed by atoms with Crippen LogP contribution in [0.4, 0.5) is 13.2 Å². The first-order chi connectivity index (χ1) is 14.8. The third-order valence-corrected chi connectivity index (χ3v) is 5.52. The first-order valence-corrected chi connectivity index (χ1v) is 10.4. The molecule has 3 rings (SSSR count). The number of carbonyl (C=O) groups excluding carboxylic acids is 1. The molecule has 0 saturated carbocycles. The van der Waals surface area contributed by atoms with Crippen LogP contribution in [0.25, 0.3) is 6.08 Å². The Morgan fingerprint density at radius 1 is 1.06 bits per heavy atom. The standard InChI is InChI=1S/C22H18F3NO3S2/c1-2-10-26-20(27)19(31-21(26)30)13-15-6-8-17(9-7-15)28-11-12-29-18-5-3-4-16(14-18)22(23,24)25/h2-9,13-14H,1,10-12H2. The second-order valence-electron chi connectivity index (χ2n) is 6.37. The second kappa shape index (κ2) is 10.0. The van der Waals surface area contributed by atoms with Gasteiger partial charge in [-0.25, -0.2) is 0 Å². The molecule has 1 aliphatic heterocycles. The van der Waals surface area contributed by atoms with E-state index < -0.39 is 11.7 Å². The molecular formula is C22H18F3NO3S2. The Kier molecular flexibility index (Phi) is 7.40. The summed E-state index contributed by atoms with van der Waals surface area (Å²) in [4.78, 5) is 14.4. The van der Waals surface area contributed by atoms with E-state index in [-0.39, 0.29) is 24.9 Å². The minimum absolute atomic E-state index is 0.0921. The van der Waals surface area contributed by atoms with Gasteiger partial charge in [0.2, 0.25) is 0 Å². The summed E-state index contributed by atoms with van der Waals surface area (Å²) in [5.41, 5.74) is 0.0505. The van der Waals surface area contributed by atoms with E-state index in [2.05, 4.69) is 6.58 Å². The van der Waals surface area contributed by atoms with Crippen molar-refractivity contribution in [1.29, 1.82) is 0 Å². The molecule has 1 heterocycles. The Morgan fingerprint density at radius 3 is 2.39 bits per heavy atom. The maximum absolute atomic E-state index is 12.7. The molecule has 1 aliphatic rings. The first-order valence-electron chi connectivity index (χ1n) is 9.17. The molecule has 4 nitrogen and oxygen atoms in total. The van der Waals surface area contributed by atoms with E-state index in [1.165, 1.54) is 28.8 Å². The lowest BCUT2D eigenvalue weighted by Crippen LogP contribution is -2.27. The molecule has 0 unspecified atom stereocenters. The van der Waals surface area contributed by atoms with Gasteiger partial charge < -0.3 is 9.47 Å². The van der Waals surface area contributed by atoms with Gasteiger partial charge in [0.05, 0.1) is 10.5 Å². The Labute approximate surface area is 187 Å². The molecular weight excluding hydrogens is 447 g/mol. The average molecular weight is 466 g/mol. The van der Waals surface area contributed by atoms with Gasteiger partial charge in [-0.3, -0.25) is 9.69 Å². The fourth-order valence-electron chi connectivity index (χ4n) is 2.68. The van der Waals surface area contributed by atoms with Crippen LogP contribution in [0.15, 0.2) is 66.1 Å². The van der Waals surface area contributed by atoms with Gasteiger partial charge >= 0.3 is 6.18 Å². The molecule has 0 bridgehead atoms. The van der Waals surface area contributed by atoms with E-state index >= 15 is 0 Å². The fraction of sp³-hybridized carbons (Fsp3) is 0.182. The van der Waals surface area contributed by atoms with Gasteiger partial charge in [0.1, 0.15) is 29.0 Å². The van der Waals surface area contributed by atoms with Crippen LogP contribution in [0.2, 0.25) is 0 Å². The van der Waals surface area contributed by atoms with Crippen molar-refractivity contribution in [3.05, 3.63) is 77.2 Å². The number of nitrogens with zero attached hydrogens (tertiary/aromatic N) is 1. The molecule has 1 amide bonds. The molecule has 162 valence electrons. The normalized spacial score (nSPS) is 15.5. The van der Waals surface area contributed by atoms with Crippen LogP contribution in [-0.4, -0.2) is 34.9 Å². The lowest BCUT2D eigenvalue weighted by Gasteiger charge is -2.11. The molecule has 2 aromatic carbocycles. The number of benzene rings is 2. The van der Waals surface area contributed by atoms with Crippen molar-refractivity contribution in [3.8, 4) is 11.5 Å². The number of amides is 1. The van der Waals surface area contributed by atoms with Gasteiger partial charge in [-0.2, -0.15) is 13.2 Å². The minimum atomic E-state index is -4.41. The molecule has 1 saturated heterocycles. The third-order valence-electron chi connectivity index (χ3n) is 4.15. The van der Waals surface area contributed by atoms with Gasteiger partial charge in [0.15, 0.2) is 0 Å². The van der Waals surface area contributed by atoms with Gasteiger partial charge in [-0.05, 0) is 42.0 Å². The Balaban J connectivity index is 1.51. The first kappa shape index (κ1) is 22.9. The number of hydrogen-bond acceptors (Lipinski definition) is 5. The maximum atomic E-state index is 12.7. The van der Waals surface area contributed by atoms with Crippen molar-refractivity contribution >= 4 is 40.3 Å². The summed E-state index contributed by atoms with van der Waals surface area (Å²) in [5, 5.41) is 0. The average Bonchev–Trinajstić information content (AvgIpc) is 3.00. The van der Waals surface area contributed by atoms with E-state index in [1.807, 2.05) is 0 Å². The summed E-state index contributed by atoms with van der Waals surface area (Å²) in [6.07, 6.45) is -1.04. The summed E-state index contributed by atoms with van der Waals surface area (Å²) >= 11 is 6.45. The number of hydrogen-bond donors (Lipinski definition) is 0. The summed E-state index contributed by atoms with van der Waals surface area (Å²) in [6.45, 7) is 4.25. The number of carbonyl (C=O) groups is 1. The SMILES string of the molecule is C=CCN1C(=O)C(=Cc2ccc(OCCOc3cccc(C(F)(F)F)c3)cc2)SC1=S. The van der Waals surface area contributed by atoms with Crippen molar-refractivity contribution in [2.24, 2.45) is 0 Å². The lowest BCUT2D eigenvalue weighted by molar-refractivity contribution is -0.137. The van der Waals surface area contributed by atoms with Gasteiger partial charge in [0.25, 0.3) is 5.91 Å². The van der Waals surface area contributed by atoms with Crippen LogP contribution in [0.1, 0.15) is 11.1 Å². The highest BCUT2D eigenvalue weighted by atomic mass is 32.2. The summed E-state index contributed by atoms with van der Waals surface area (Å²) in [5.74, 6) is 0.550. The number of alkyl halides is 3. The Hall–Kier alpha value is -2.78. The van der Waals surface area contributed by atoms with E-state index in [9.17, 15) is 18.0 Å². The van der Waals surface area contributed by atoms with Crippen molar-refractivity contribution in [1.82, 2.24) is 4.90 Å². The predicted octanol–water partition coefficient (Wildman–Crippen LogP) is 5.55. The molecule has 0 radical (unpaired) electrons. The summed E-state index contributed by atoms with van der Waals surface area (Å²) in [7, 11) is 0. The maximum Gasteiger partial charge on any atom is 0.416 e. The van der Waals surface area contributed by atoms with E-state index in [4.69, 9.17) is 21.7 Å². The van der Waals surface area contributed by atoms with Crippen molar-refractivity contribution in [2.45, 2.75) is 6.18 Å². The van der Waals surface area contributed by atoms with Crippen molar-refractivity contribution in [2.75, 3.05) is 19.8 Å². The number of ether oxygens (including phenoxy) is 2. The molecule has 0 aliphatic carbocycles. The largest absolute Gasteiger partial charge is 0.490 e. The van der Waals surface area contributed by atoms with E-state index in [0.717, 1.165) is 17.7 Å². The zero-order valence-electron chi connectivity index (χ0n) is 16.2. The van der Waals surface area contributed by atoms with Crippen LogP contribution in [-0.2, 0) is 11.0 Å². The highest BCUT2D eigenvalue weighted by molar-refractivity contribution is 8.26. The van der Waals surface area contributed by atoms with Gasteiger partial charge in [0, 0.05) is 6.54 Å². The smallest absolute Gasteiger partial charge is 0.416 e. The highest BCUT2D eigenvalue weighted by Crippen LogP contribution is 2.33. The topological polar surface area (TPSA) is 38.8 Å². The molecule has 0 spiro atoms. The molecule has 9 heteroatoms. The summed E-state index contributed by atoms with van der Waals surface area (Å²) < 4.78 is 49.5. The molecule has 1 fully saturated rings. The Morgan fingerprint density at radius 2 is 1.74 bits per heavy atom. The number of rotatable bonds is 8. The van der Waals surface area contributed by atoms with Gasteiger partial charge in [-0.1, -0.05) is 48.3 Å². The number of thiocarbonyl (C=S) groups is 1. The van der Waals surface area contributed by atoms with E-state index in [0.29, 0.717) is 21.5 Å². The molecule has 0 atom stereocenters. The molecule has 0 aromatic heterocycles. The second-order valence-corrected chi connectivity index (χ2v) is 8.05. The predicted molar refractivity (Wildman–Crippen MR) is 119 cm³/mol. The van der Waals surface area contributed by atoms with Crippen LogP contribution < -0.4 is 9.47 Å².